The van der Waals surface area contributed by atoms with Crippen molar-refractivity contribution in [3.05, 3.63) is 36.4 Å². The van der Waals surface area contributed by atoms with Crippen LogP contribution in [0.5, 0.6) is 11.5 Å². The molecule has 0 aliphatic heterocycles. The number of rotatable bonds is 24. The molecule has 2 aromatic rings. The molecule has 0 spiro atoms. The molecule has 0 bridgehead atoms. The molecule has 0 aliphatic rings. The maximum atomic E-state index is 5.97. The smallest absolute Gasteiger partial charge is 0.127 e. The summed E-state index contributed by atoms with van der Waals surface area (Å²) in [6, 6.07) is 11.9. The van der Waals surface area contributed by atoms with Crippen LogP contribution in [-0.4, -0.2) is 101 Å². The molecule has 0 aliphatic carbocycles. The van der Waals surface area contributed by atoms with Gasteiger partial charge in [-0.25, -0.2) is 0 Å². The number of halogens is 2. The monoisotopic (exact) mass is 732 g/mol. The van der Waals surface area contributed by atoms with Gasteiger partial charge in [-0.15, -0.1) is 0 Å². The first-order valence-corrected chi connectivity index (χ1v) is 15.3. The summed E-state index contributed by atoms with van der Waals surface area (Å²) in [7, 11) is 0. The van der Waals surface area contributed by atoms with Crippen molar-refractivity contribution in [2.75, 3.05) is 101 Å². The second-order valence-corrected chi connectivity index (χ2v) is 9.51. The summed E-state index contributed by atoms with van der Waals surface area (Å²) in [5.74, 6) is 1.61. The van der Waals surface area contributed by atoms with Crippen LogP contribution in [0.1, 0.15) is 0 Å². The molecule has 8 nitrogen and oxygen atoms in total. The van der Waals surface area contributed by atoms with E-state index in [1.165, 1.54) is 0 Å². The van der Waals surface area contributed by atoms with Gasteiger partial charge in [0.1, 0.15) is 24.7 Å². The summed E-state index contributed by atoms with van der Waals surface area (Å²) < 4.78 is 46.8. The third-order valence-corrected chi connectivity index (χ3v) is 5.62. The fraction of sp³-hybridized carbons (Fsp3) is 0.615. The van der Waals surface area contributed by atoms with Crippen LogP contribution in [0, 0.1) is 0 Å². The Morgan fingerprint density at radius 2 is 0.694 bits per heavy atom. The summed E-state index contributed by atoms with van der Waals surface area (Å²) in [6.07, 6.45) is 0. The van der Waals surface area contributed by atoms with Crippen molar-refractivity contribution in [1.29, 1.82) is 0 Å². The minimum absolute atomic E-state index is 0.462. The number of hydrogen-bond donors (Lipinski definition) is 0. The molecule has 0 atom stereocenters. The van der Waals surface area contributed by atoms with Crippen LogP contribution in [-0.2, 0) is 28.4 Å². The predicted octanol–water partition coefficient (Wildman–Crippen LogP) is 4.57. The van der Waals surface area contributed by atoms with E-state index in [1.807, 2.05) is 36.4 Å². The topological polar surface area (TPSA) is 73.8 Å². The highest BCUT2D eigenvalue weighted by atomic mass is 127. The standard InChI is InChI=1S/C26H38I2O8/c27-7-9-29-11-13-31-15-17-33-19-21-35-25-5-1-3-23-24(25)4-2-6-26(23)36-22-20-34-18-16-32-14-12-30-10-8-28/h1-6H,7-22H2. The Labute approximate surface area is 241 Å². The summed E-state index contributed by atoms with van der Waals surface area (Å²) >= 11 is 4.57. The average molecular weight is 732 g/mol. The van der Waals surface area contributed by atoms with Crippen molar-refractivity contribution < 1.29 is 37.9 Å². The minimum Gasteiger partial charge on any atom is -0.491 e. The van der Waals surface area contributed by atoms with Gasteiger partial charge in [0.15, 0.2) is 0 Å². The van der Waals surface area contributed by atoms with Gasteiger partial charge in [-0.2, -0.15) is 0 Å². The fourth-order valence-corrected chi connectivity index (χ4v) is 3.74. The van der Waals surface area contributed by atoms with Crippen LogP contribution < -0.4 is 9.47 Å². The van der Waals surface area contributed by atoms with Gasteiger partial charge in [-0.05, 0) is 12.1 Å². The Hall–Kier alpha value is -0.480. The van der Waals surface area contributed by atoms with Crippen LogP contribution in [0.15, 0.2) is 36.4 Å². The lowest BCUT2D eigenvalue weighted by Gasteiger charge is -2.13. The third kappa shape index (κ3) is 14.5. The van der Waals surface area contributed by atoms with E-state index in [0.717, 1.165) is 44.3 Å². The zero-order valence-electron chi connectivity index (χ0n) is 20.8. The van der Waals surface area contributed by atoms with E-state index in [0.29, 0.717) is 79.3 Å². The Kier molecular flexibility index (Phi) is 19.8. The van der Waals surface area contributed by atoms with Gasteiger partial charge in [0.05, 0.1) is 79.3 Å². The molecule has 2 rings (SSSR count). The molecule has 36 heavy (non-hydrogen) atoms. The van der Waals surface area contributed by atoms with Gasteiger partial charge in [-0.1, -0.05) is 69.4 Å². The molecular formula is C26H38I2O8. The van der Waals surface area contributed by atoms with Gasteiger partial charge < -0.3 is 37.9 Å². The van der Waals surface area contributed by atoms with Crippen molar-refractivity contribution in [2.45, 2.75) is 0 Å². The Morgan fingerprint density at radius 1 is 0.389 bits per heavy atom. The van der Waals surface area contributed by atoms with E-state index in [-0.39, 0.29) is 0 Å². The first kappa shape index (κ1) is 31.7. The second-order valence-electron chi connectivity index (χ2n) is 7.36. The maximum absolute atomic E-state index is 5.97. The molecule has 0 amide bonds. The van der Waals surface area contributed by atoms with Gasteiger partial charge in [-0.3, -0.25) is 0 Å². The SMILES string of the molecule is ICCOCCOCCOCCOc1cccc2c(OCCOCCOCCOCCI)cccc12. The lowest BCUT2D eigenvalue weighted by Crippen LogP contribution is -2.13. The lowest BCUT2D eigenvalue weighted by atomic mass is 10.1. The Balaban J connectivity index is 1.60. The number of benzene rings is 2. The van der Waals surface area contributed by atoms with Crippen LogP contribution in [0.2, 0.25) is 0 Å². The van der Waals surface area contributed by atoms with Gasteiger partial charge in [0, 0.05) is 19.6 Å². The fourth-order valence-electron chi connectivity index (χ4n) is 3.12. The van der Waals surface area contributed by atoms with E-state index in [4.69, 9.17) is 37.9 Å². The van der Waals surface area contributed by atoms with Crippen molar-refractivity contribution in [2.24, 2.45) is 0 Å². The first-order valence-electron chi connectivity index (χ1n) is 12.2. The molecule has 0 saturated carbocycles. The number of alkyl halides is 2. The van der Waals surface area contributed by atoms with E-state index in [1.54, 1.807) is 0 Å². The quantitative estimate of drug-likeness (QED) is 0.0885. The maximum Gasteiger partial charge on any atom is 0.127 e. The van der Waals surface area contributed by atoms with E-state index in [2.05, 4.69) is 45.2 Å². The molecule has 0 aromatic heterocycles. The van der Waals surface area contributed by atoms with Crippen LogP contribution in [0.25, 0.3) is 10.8 Å². The molecule has 0 unspecified atom stereocenters. The van der Waals surface area contributed by atoms with Crippen molar-refractivity contribution in [3.63, 3.8) is 0 Å². The number of hydrogen-bond acceptors (Lipinski definition) is 8. The van der Waals surface area contributed by atoms with Gasteiger partial charge in [0.2, 0.25) is 0 Å². The zero-order chi connectivity index (χ0) is 25.5. The molecular weight excluding hydrogens is 694 g/mol. The summed E-state index contributed by atoms with van der Waals surface area (Å²) in [6.45, 7) is 8.02. The predicted molar refractivity (Wildman–Crippen MR) is 158 cm³/mol. The highest BCUT2D eigenvalue weighted by Gasteiger charge is 2.07. The molecule has 0 saturated heterocycles. The normalized spacial score (nSPS) is 11.3. The highest BCUT2D eigenvalue weighted by molar-refractivity contribution is 14.1. The molecule has 0 N–H and O–H groups in total. The van der Waals surface area contributed by atoms with E-state index < -0.39 is 0 Å². The van der Waals surface area contributed by atoms with Crippen molar-refractivity contribution in [3.8, 4) is 11.5 Å². The minimum atomic E-state index is 0.462. The van der Waals surface area contributed by atoms with Crippen molar-refractivity contribution in [1.82, 2.24) is 0 Å². The third-order valence-electron chi connectivity index (χ3n) is 4.74. The number of ether oxygens (including phenoxy) is 8. The van der Waals surface area contributed by atoms with Gasteiger partial charge >= 0.3 is 0 Å². The highest BCUT2D eigenvalue weighted by Crippen LogP contribution is 2.32. The summed E-state index contributed by atoms with van der Waals surface area (Å²) in [5, 5.41) is 2.01. The van der Waals surface area contributed by atoms with Crippen LogP contribution in [0.4, 0.5) is 0 Å². The Morgan fingerprint density at radius 3 is 1.03 bits per heavy atom. The first-order chi connectivity index (χ1) is 17.9. The molecule has 204 valence electrons. The zero-order valence-corrected chi connectivity index (χ0v) is 25.1. The molecule has 10 heteroatoms. The largest absolute Gasteiger partial charge is 0.491 e. The van der Waals surface area contributed by atoms with Crippen LogP contribution >= 0.6 is 45.2 Å². The molecule has 0 fully saturated rings. The summed E-state index contributed by atoms with van der Waals surface area (Å²) in [4.78, 5) is 0. The van der Waals surface area contributed by atoms with E-state index >= 15 is 0 Å². The Bertz CT molecular complexity index is 730. The van der Waals surface area contributed by atoms with E-state index in [9.17, 15) is 0 Å². The number of fused-ring (bicyclic) bond motifs is 1. The average Bonchev–Trinajstić information content (AvgIpc) is 2.90. The molecule has 0 radical (unpaired) electrons. The van der Waals surface area contributed by atoms with Crippen molar-refractivity contribution >= 4 is 56.0 Å². The molecule has 0 heterocycles. The molecule has 2 aromatic carbocycles. The van der Waals surface area contributed by atoms with Crippen LogP contribution in [0.3, 0.4) is 0 Å². The lowest BCUT2D eigenvalue weighted by molar-refractivity contribution is 0.0120. The summed E-state index contributed by atoms with van der Waals surface area (Å²) in [5.41, 5.74) is 0. The van der Waals surface area contributed by atoms with Gasteiger partial charge in [0.25, 0.3) is 0 Å². The second kappa shape index (κ2) is 22.5.